The molecule has 0 radical (unpaired) electrons. The van der Waals surface area contributed by atoms with Crippen LogP contribution in [0.1, 0.15) is 32.8 Å². The Balaban J connectivity index is 1.73. The highest BCUT2D eigenvalue weighted by Gasteiger charge is 2.22. The first-order valence-corrected chi connectivity index (χ1v) is 10.4. The van der Waals surface area contributed by atoms with Gasteiger partial charge in [-0.2, -0.15) is 0 Å². The highest BCUT2D eigenvalue weighted by atomic mass is 16.6. The molecule has 1 atom stereocenters. The second kappa shape index (κ2) is 9.65. The first kappa shape index (κ1) is 22.3. The molecule has 31 heavy (non-hydrogen) atoms. The van der Waals surface area contributed by atoms with E-state index in [4.69, 9.17) is 9.47 Å². The summed E-state index contributed by atoms with van der Waals surface area (Å²) in [5.74, 6) is -0.381. The largest absolute Gasteiger partial charge is 0.469 e. The molecule has 0 fully saturated rings. The third-order valence-electron chi connectivity index (χ3n) is 4.88. The molecule has 0 aromatic heterocycles. The maximum absolute atomic E-state index is 12.2. The second-order valence-electron chi connectivity index (χ2n) is 8.59. The van der Waals surface area contributed by atoms with E-state index in [2.05, 4.69) is 47.8 Å². The van der Waals surface area contributed by atoms with Crippen molar-refractivity contribution in [3.8, 4) is 11.1 Å². The first-order valence-electron chi connectivity index (χ1n) is 10.4. The molecule has 162 valence electrons. The van der Waals surface area contributed by atoms with Crippen molar-refractivity contribution in [3.63, 3.8) is 0 Å². The van der Waals surface area contributed by atoms with Crippen LogP contribution in [-0.2, 0) is 20.7 Å². The Morgan fingerprint density at radius 2 is 1.55 bits per heavy atom. The van der Waals surface area contributed by atoms with Crippen molar-refractivity contribution in [1.29, 1.82) is 0 Å². The lowest BCUT2D eigenvalue weighted by Crippen LogP contribution is -2.41. The van der Waals surface area contributed by atoms with Crippen molar-refractivity contribution >= 4 is 22.8 Å². The van der Waals surface area contributed by atoms with Gasteiger partial charge in [-0.1, -0.05) is 60.7 Å². The molecule has 0 unspecified atom stereocenters. The molecule has 0 aliphatic carbocycles. The summed E-state index contributed by atoms with van der Waals surface area (Å²) in [6.07, 6.45) is 0.0170. The zero-order valence-electron chi connectivity index (χ0n) is 18.5. The molecule has 1 amide bonds. The highest BCUT2D eigenvalue weighted by molar-refractivity contribution is 5.87. The Kier molecular flexibility index (Phi) is 6.95. The number of amides is 1. The number of carbonyl (C=O) groups is 2. The second-order valence-corrected chi connectivity index (χ2v) is 8.59. The summed E-state index contributed by atoms with van der Waals surface area (Å²) in [5.41, 5.74) is 2.65. The molecule has 0 aliphatic rings. The molecule has 0 heterocycles. The van der Waals surface area contributed by atoms with Crippen molar-refractivity contribution in [2.45, 2.75) is 45.3 Å². The maximum Gasteiger partial charge on any atom is 0.407 e. The van der Waals surface area contributed by atoms with Crippen molar-refractivity contribution in [3.05, 3.63) is 72.3 Å². The van der Waals surface area contributed by atoms with Gasteiger partial charge < -0.3 is 14.8 Å². The zero-order chi connectivity index (χ0) is 22.4. The Labute approximate surface area is 183 Å². The number of hydrogen-bond donors (Lipinski definition) is 1. The summed E-state index contributed by atoms with van der Waals surface area (Å²) in [6, 6.07) is 22.4. The molecule has 5 nitrogen and oxygen atoms in total. The van der Waals surface area contributed by atoms with E-state index >= 15 is 0 Å². The van der Waals surface area contributed by atoms with Gasteiger partial charge in [-0.05, 0) is 60.7 Å². The van der Waals surface area contributed by atoms with Gasteiger partial charge >= 0.3 is 12.1 Å². The van der Waals surface area contributed by atoms with Gasteiger partial charge in [0.1, 0.15) is 5.60 Å². The van der Waals surface area contributed by atoms with E-state index in [0.717, 1.165) is 16.7 Å². The molecule has 3 rings (SSSR count). The molecule has 3 aromatic rings. The van der Waals surface area contributed by atoms with Crippen molar-refractivity contribution in [2.24, 2.45) is 0 Å². The van der Waals surface area contributed by atoms with Crippen molar-refractivity contribution in [2.75, 3.05) is 7.11 Å². The molecule has 0 aliphatic heterocycles. The van der Waals surface area contributed by atoms with Gasteiger partial charge in [0.2, 0.25) is 0 Å². The van der Waals surface area contributed by atoms with Crippen LogP contribution in [0.3, 0.4) is 0 Å². The summed E-state index contributed by atoms with van der Waals surface area (Å²) >= 11 is 0. The topological polar surface area (TPSA) is 64.6 Å². The third kappa shape index (κ3) is 6.57. The van der Waals surface area contributed by atoms with Crippen LogP contribution in [0.15, 0.2) is 66.7 Å². The molecule has 0 saturated carbocycles. The van der Waals surface area contributed by atoms with Crippen LogP contribution in [0.5, 0.6) is 0 Å². The van der Waals surface area contributed by atoms with E-state index < -0.39 is 17.7 Å². The van der Waals surface area contributed by atoms with Crippen LogP contribution >= 0.6 is 0 Å². The molecular weight excluding hydrogens is 390 g/mol. The number of ether oxygens (including phenoxy) is 2. The number of carbonyl (C=O) groups excluding carboxylic acids is 2. The van der Waals surface area contributed by atoms with Gasteiger partial charge in [0.05, 0.1) is 13.5 Å². The number of fused-ring (bicyclic) bond motifs is 1. The van der Waals surface area contributed by atoms with Gasteiger partial charge in [-0.25, -0.2) is 4.79 Å². The molecule has 1 N–H and O–H groups in total. The minimum atomic E-state index is -0.610. The fourth-order valence-electron chi connectivity index (χ4n) is 3.42. The van der Waals surface area contributed by atoms with Crippen molar-refractivity contribution in [1.82, 2.24) is 5.32 Å². The zero-order valence-corrected chi connectivity index (χ0v) is 18.5. The summed E-state index contributed by atoms with van der Waals surface area (Å²) in [4.78, 5) is 24.0. The number of alkyl carbamates (subject to hydrolysis) is 1. The van der Waals surface area contributed by atoms with Gasteiger partial charge in [-0.15, -0.1) is 0 Å². The van der Waals surface area contributed by atoms with Gasteiger partial charge in [-0.3, -0.25) is 4.79 Å². The quantitative estimate of drug-likeness (QED) is 0.536. The lowest BCUT2D eigenvalue weighted by molar-refractivity contribution is -0.141. The number of rotatable bonds is 6. The lowest BCUT2D eigenvalue weighted by Gasteiger charge is -2.23. The smallest absolute Gasteiger partial charge is 0.407 e. The molecule has 3 aromatic carbocycles. The fraction of sp³-hybridized carbons (Fsp3) is 0.308. The summed E-state index contributed by atoms with van der Waals surface area (Å²) in [6.45, 7) is 5.40. The number of benzene rings is 3. The Morgan fingerprint density at radius 1 is 0.903 bits per heavy atom. The Hall–Kier alpha value is -3.34. The standard InChI is InChI=1S/C26H29NO4/c1-26(2,3)31-25(29)27-23(17-24(28)30-4)15-18-9-11-20(12-10-18)22-14-13-19-7-5-6-8-21(19)16-22/h5-14,16,23H,15,17H2,1-4H3,(H,27,29)/t23-/m0/s1. The summed E-state index contributed by atoms with van der Waals surface area (Å²) in [5, 5.41) is 5.20. The SMILES string of the molecule is COC(=O)C[C@H](Cc1ccc(-c2ccc3ccccc3c2)cc1)NC(=O)OC(C)(C)C. The van der Waals surface area contributed by atoms with Crippen LogP contribution in [0.2, 0.25) is 0 Å². The first-order chi connectivity index (χ1) is 14.7. The Morgan fingerprint density at radius 3 is 2.19 bits per heavy atom. The van der Waals surface area contributed by atoms with Gasteiger partial charge in [0.15, 0.2) is 0 Å². The third-order valence-corrected chi connectivity index (χ3v) is 4.88. The summed E-state index contributed by atoms with van der Waals surface area (Å²) in [7, 11) is 1.34. The van der Waals surface area contributed by atoms with E-state index in [1.807, 2.05) is 24.3 Å². The van der Waals surface area contributed by atoms with E-state index in [1.54, 1.807) is 20.8 Å². The molecule has 0 spiro atoms. The van der Waals surface area contributed by atoms with Gasteiger partial charge in [0.25, 0.3) is 0 Å². The predicted octanol–water partition coefficient (Wildman–Crippen LogP) is 5.51. The number of methoxy groups -OCH3 is 1. The van der Waals surface area contributed by atoms with E-state index in [9.17, 15) is 9.59 Å². The van der Waals surface area contributed by atoms with Crippen molar-refractivity contribution < 1.29 is 19.1 Å². The molecular formula is C26H29NO4. The summed E-state index contributed by atoms with van der Waals surface area (Å²) < 4.78 is 10.1. The normalized spacial score (nSPS) is 12.3. The average molecular weight is 420 g/mol. The number of hydrogen-bond acceptors (Lipinski definition) is 4. The monoisotopic (exact) mass is 419 g/mol. The predicted molar refractivity (Wildman–Crippen MR) is 123 cm³/mol. The molecule has 5 heteroatoms. The van der Waals surface area contributed by atoms with Crippen LogP contribution in [0, 0.1) is 0 Å². The van der Waals surface area contributed by atoms with E-state index in [1.165, 1.54) is 17.9 Å². The molecule has 0 bridgehead atoms. The fourth-order valence-corrected chi connectivity index (χ4v) is 3.42. The average Bonchev–Trinajstić information content (AvgIpc) is 2.72. The Bertz CT molecular complexity index is 1050. The van der Waals surface area contributed by atoms with Crippen LogP contribution < -0.4 is 5.32 Å². The maximum atomic E-state index is 12.2. The van der Waals surface area contributed by atoms with Crippen LogP contribution in [0.4, 0.5) is 4.79 Å². The number of esters is 1. The van der Waals surface area contributed by atoms with Crippen LogP contribution in [0.25, 0.3) is 21.9 Å². The van der Waals surface area contributed by atoms with Gasteiger partial charge in [0, 0.05) is 6.04 Å². The minimum absolute atomic E-state index is 0.0716. The lowest BCUT2D eigenvalue weighted by atomic mass is 9.98. The van der Waals surface area contributed by atoms with E-state index in [0.29, 0.717) is 6.42 Å². The van der Waals surface area contributed by atoms with E-state index in [-0.39, 0.29) is 12.4 Å². The highest BCUT2D eigenvalue weighted by Crippen LogP contribution is 2.25. The number of nitrogens with one attached hydrogen (secondary N) is 1. The minimum Gasteiger partial charge on any atom is -0.469 e. The van der Waals surface area contributed by atoms with Crippen LogP contribution in [-0.4, -0.2) is 30.8 Å². The molecule has 0 saturated heterocycles.